The van der Waals surface area contributed by atoms with E-state index in [1.54, 1.807) is 43.5 Å². The Balaban J connectivity index is 1.51. The lowest BCUT2D eigenvalue weighted by atomic mass is 10.2. The highest BCUT2D eigenvalue weighted by atomic mass is 35.5. The summed E-state index contributed by atoms with van der Waals surface area (Å²) in [6, 6.07) is 11.9. The number of aromatic nitrogens is 1. The molecular weight excluding hydrogens is 396 g/mol. The highest BCUT2D eigenvalue weighted by Gasteiger charge is 2.08. The number of ether oxygens (including phenoxy) is 1. The van der Waals surface area contributed by atoms with Gasteiger partial charge in [0.15, 0.2) is 0 Å². The van der Waals surface area contributed by atoms with Gasteiger partial charge in [0.05, 0.1) is 24.9 Å². The third-order valence-electron chi connectivity index (χ3n) is 3.80. The van der Waals surface area contributed by atoms with Crippen molar-refractivity contribution in [2.45, 2.75) is 0 Å². The van der Waals surface area contributed by atoms with Crippen molar-refractivity contribution in [1.29, 1.82) is 0 Å². The van der Waals surface area contributed by atoms with Crippen LogP contribution < -0.4 is 15.5 Å². The van der Waals surface area contributed by atoms with E-state index in [0.717, 1.165) is 5.56 Å². The van der Waals surface area contributed by atoms with Crippen molar-refractivity contribution in [3.05, 3.63) is 71.2 Å². The van der Waals surface area contributed by atoms with Crippen LogP contribution in [-0.2, 0) is 4.79 Å². The van der Waals surface area contributed by atoms with Gasteiger partial charge in [-0.25, -0.2) is 5.43 Å². The van der Waals surface area contributed by atoms with Gasteiger partial charge >= 0.3 is 0 Å². The van der Waals surface area contributed by atoms with E-state index in [1.807, 2.05) is 6.07 Å². The Morgan fingerprint density at radius 2 is 2.00 bits per heavy atom. The number of halogens is 1. The zero-order valence-electron chi connectivity index (χ0n) is 15.4. The van der Waals surface area contributed by atoms with E-state index in [9.17, 15) is 9.59 Å². The van der Waals surface area contributed by atoms with Crippen LogP contribution >= 0.6 is 11.6 Å². The number of hydrogen-bond acceptors (Lipinski definition) is 6. The van der Waals surface area contributed by atoms with E-state index in [2.05, 4.69) is 20.8 Å². The normalized spacial score (nSPS) is 10.7. The summed E-state index contributed by atoms with van der Waals surface area (Å²) in [5.74, 6) is 0.750. The first-order chi connectivity index (χ1) is 14.1. The number of hydrazone groups is 1. The van der Waals surface area contributed by atoms with E-state index in [-0.39, 0.29) is 12.5 Å². The highest BCUT2D eigenvalue weighted by molar-refractivity contribution is 6.32. The van der Waals surface area contributed by atoms with Crippen molar-refractivity contribution in [2.75, 3.05) is 13.7 Å². The summed E-state index contributed by atoms with van der Waals surface area (Å²) in [6.07, 6.45) is 4.35. The van der Waals surface area contributed by atoms with Gasteiger partial charge in [0.25, 0.3) is 11.8 Å². The van der Waals surface area contributed by atoms with Crippen molar-refractivity contribution >= 4 is 29.6 Å². The standard InChI is InChI=1S/C20H17ClN4O4/c1-28-18-4-2-14(10-16(18)21)17-5-3-15(29-17)11-24-25-19(26)12-23-20(27)13-6-8-22-9-7-13/h2-11H,12H2,1H3,(H,23,27)(H,25,26)/b24-11+. The van der Waals surface area contributed by atoms with E-state index in [4.69, 9.17) is 20.8 Å². The maximum Gasteiger partial charge on any atom is 0.259 e. The molecule has 0 aliphatic rings. The van der Waals surface area contributed by atoms with E-state index >= 15 is 0 Å². The van der Waals surface area contributed by atoms with Gasteiger partial charge in [0.2, 0.25) is 0 Å². The Morgan fingerprint density at radius 3 is 2.72 bits per heavy atom. The lowest BCUT2D eigenvalue weighted by molar-refractivity contribution is -0.120. The largest absolute Gasteiger partial charge is 0.495 e. The minimum Gasteiger partial charge on any atom is -0.495 e. The molecule has 0 spiro atoms. The summed E-state index contributed by atoms with van der Waals surface area (Å²) in [5, 5.41) is 6.78. The second-order valence-corrected chi connectivity index (χ2v) is 6.17. The predicted octanol–water partition coefficient (Wildman–Crippen LogP) is 2.88. The number of furan rings is 1. The SMILES string of the molecule is COc1ccc(-c2ccc(/C=N/NC(=O)CNC(=O)c3ccncc3)o2)cc1Cl. The summed E-state index contributed by atoms with van der Waals surface area (Å²) in [4.78, 5) is 27.5. The first kappa shape index (κ1) is 20.1. The fourth-order valence-corrected chi connectivity index (χ4v) is 2.63. The molecule has 2 N–H and O–H groups in total. The molecule has 2 aromatic heterocycles. The van der Waals surface area contributed by atoms with Gasteiger partial charge in [-0.1, -0.05) is 11.6 Å². The van der Waals surface area contributed by atoms with Crippen LogP contribution in [0.4, 0.5) is 0 Å². The first-order valence-corrected chi connectivity index (χ1v) is 8.88. The van der Waals surface area contributed by atoms with E-state index in [0.29, 0.717) is 27.9 Å². The Kier molecular flexibility index (Phi) is 6.59. The molecule has 2 amide bonds. The Morgan fingerprint density at radius 1 is 1.21 bits per heavy atom. The first-order valence-electron chi connectivity index (χ1n) is 8.50. The molecule has 1 aromatic carbocycles. The van der Waals surface area contributed by atoms with Crippen LogP contribution in [0.25, 0.3) is 11.3 Å². The monoisotopic (exact) mass is 412 g/mol. The quantitative estimate of drug-likeness (QED) is 0.458. The molecule has 0 unspecified atom stereocenters. The molecule has 3 rings (SSSR count). The van der Waals surface area contributed by atoms with Crippen molar-refractivity contribution in [2.24, 2.45) is 5.10 Å². The van der Waals surface area contributed by atoms with Crippen LogP contribution in [0.5, 0.6) is 5.75 Å². The second kappa shape index (κ2) is 9.52. The molecular formula is C20H17ClN4O4. The zero-order valence-corrected chi connectivity index (χ0v) is 16.1. The fraction of sp³-hybridized carbons (Fsp3) is 0.100. The molecule has 29 heavy (non-hydrogen) atoms. The molecule has 0 radical (unpaired) electrons. The van der Waals surface area contributed by atoms with Crippen LogP contribution in [0, 0.1) is 0 Å². The molecule has 0 atom stereocenters. The highest BCUT2D eigenvalue weighted by Crippen LogP contribution is 2.30. The molecule has 0 bridgehead atoms. The number of methoxy groups -OCH3 is 1. The van der Waals surface area contributed by atoms with Gasteiger partial charge in [0.1, 0.15) is 17.3 Å². The third kappa shape index (κ3) is 5.43. The Labute approximate surface area is 171 Å². The van der Waals surface area contributed by atoms with Crippen LogP contribution in [-0.4, -0.2) is 36.7 Å². The molecule has 8 nitrogen and oxygen atoms in total. The number of hydrogen-bond donors (Lipinski definition) is 2. The summed E-state index contributed by atoms with van der Waals surface area (Å²) in [5.41, 5.74) is 3.51. The molecule has 3 aromatic rings. The summed E-state index contributed by atoms with van der Waals surface area (Å²) >= 11 is 6.12. The number of rotatable bonds is 7. The number of pyridine rings is 1. The lowest BCUT2D eigenvalue weighted by Crippen LogP contribution is -2.34. The summed E-state index contributed by atoms with van der Waals surface area (Å²) in [7, 11) is 1.54. The van der Waals surface area contributed by atoms with Crippen LogP contribution in [0.2, 0.25) is 5.02 Å². The topological polar surface area (TPSA) is 106 Å². The second-order valence-electron chi connectivity index (χ2n) is 5.76. The fourth-order valence-electron chi connectivity index (χ4n) is 2.37. The maximum atomic E-state index is 11.9. The van der Waals surface area contributed by atoms with Crippen molar-refractivity contribution in [1.82, 2.24) is 15.7 Å². The molecule has 0 aliphatic carbocycles. The van der Waals surface area contributed by atoms with Gasteiger partial charge in [-0.05, 0) is 42.5 Å². The van der Waals surface area contributed by atoms with Crippen molar-refractivity contribution in [3.8, 4) is 17.1 Å². The van der Waals surface area contributed by atoms with Crippen molar-refractivity contribution in [3.63, 3.8) is 0 Å². The van der Waals surface area contributed by atoms with E-state index < -0.39 is 5.91 Å². The number of nitrogens with zero attached hydrogens (tertiary/aromatic N) is 2. The smallest absolute Gasteiger partial charge is 0.259 e. The van der Waals surface area contributed by atoms with E-state index in [1.165, 1.54) is 18.6 Å². The Bertz CT molecular complexity index is 1030. The summed E-state index contributed by atoms with van der Waals surface area (Å²) in [6.45, 7) is -0.216. The van der Waals surface area contributed by atoms with Gasteiger partial charge in [-0.15, -0.1) is 0 Å². The molecule has 0 fully saturated rings. The molecule has 0 saturated carbocycles. The Hall–Kier alpha value is -3.65. The zero-order chi connectivity index (χ0) is 20.6. The minimum atomic E-state index is -0.475. The average molecular weight is 413 g/mol. The number of benzene rings is 1. The lowest BCUT2D eigenvalue weighted by Gasteiger charge is -2.04. The average Bonchev–Trinajstić information content (AvgIpc) is 3.21. The number of carbonyl (C=O) groups is 2. The van der Waals surface area contributed by atoms with Crippen LogP contribution in [0.15, 0.2) is 64.4 Å². The van der Waals surface area contributed by atoms with Crippen molar-refractivity contribution < 1.29 is 18.7 Å². The third-order valence-corrected chi connectivity index (χ3v) is 4.09. The molecule has 0 saturated heterocycles. The number of carbonyl (C=O) groups excluding carboxylic acids is 2. The number of amides is 2. The maximum absolute atomic E-state index is 11.9. The molecule has 9 heteroatoms. The predicted molar refractivity (Wildman–Crippen MR) is 108 cm³/mol. The van der Waals surface area contributed by atoms with Gasteiger partial charge in [0, 0.05) is 23.5 Å². The van der Waals surface area contributed by atoms with Crippen LogP contribution in [0.3, 0.4) is 0 Å². The number of nitrogens with one attached hydrogen (secondary N) is 2. The van der Waals surface area contributed by atoms with Gasteiger partial charge in [-0.3, -0.25) is 14.6 Å². The van der Waals surface area contributed by atoms with Gasteiger partial charge in [-0.2, -0.15) is 5.10 Å². The minimum absolute atomic E-state index is 0.216. The van der Waals surface area contributed by atoms with Crippen LogP contribution in [0.1, 0.15) is 16.1 Å². The van der Waals surface area contributed by atoms with Gasteiger partial charge < -0.3 is 14.5 Å². The molecule has 0 aliphatic heterocycles. The molecule has 148 valence electrons. The summed E-state index contributed by atoms with van der Waals surface area (Å²) < 4.78 is 10.8. The molecule has 2 heterocycles.